The first-order chi connectivity index (χ1) is 7.36. The Kier molecular flexibility index (Phi) is 5.80. The molecule has 1 unspecified atom stereocenters. The first-order valence-electron chi connectivity index (χ1n) is 5.67. The SMILES string of the molecule is Cc1[nH]ncc1CNCCC1CCCO1.Cl. The predicted octanol–water partition coefficient (Wildman–Crippen LogP) is 1.80. The summed E-state index contributed by atoms with van der Waals surface area (Å²) < 4.78 is 5.56. The van der Waals surface area contributed by atoms with Crippen molar-refractivity contribution in [2.75, 3.05) is 13.2 Å². The quantitative estimate of drug-likeness (QED) is 0.778. The Hall–Kier alpha value is -0.580. The van der Waals surface area contributed by atoms with Crippen LogP contribution in [-0.2, 0) is 11.3 Å². The molecular weight excluding hydrogens is 226 g/mol. The summed E-state index contributed by atoms with van der Waals surface area (Å²) in [5.41, 5.74) is 2.40. The number of aromatic nitrogens is 2. The van der Waals surface area contributed by atoms with Gasteiger partial charge in [0.05, 0.1) is 12.3 Å². The van der Waals surface area contributed by atoms with Gasteiger partial charge in [-0.05, 0) is 32.7 Å². The van der Waals surface area contributed by atoms with Gasteiger partial charge in [0, 0.05) is 24.4 Å². The molecule has 16 heavy (non-hydrogen) atoms. The summed E-state index contributed by atoms with van der Waals surface area (Å²) in [5, 5.41) is 10.3. The molecule has 5 heteroatoms. The average Bonchev–Trinajstić information content (AvgIpc) is 2.85. The van der Waals surface area contributed by atoms with Crippen molar-refractivity contribution in [1.29, 1.82) is 0 Å². The Morgan fingerprint density at radius 2 is 2.50 bits per heavy atom. The van der Waals surface area contributed by atoms with Gasteiger partial charge in [-0.3, -0.25) is 5.10 Å². The van der Waals surface area contributed by atoms with Gasteiger partial charge in [-0.2, -0.15) is 5.10 Å². The van der Waals surface area contributed by atoms with E-state index in [1.807, 2.05) is 13.1 Å². The number of aryl methyl sites for hydroxylation is 1. The summed E-state index contributed by atoms with van der Waals surface area (Å²) in [7, 11) is 0. The van der Waals surface area contributed by atoms with Gasteiger partial charge in [-0.1, -0.05) is 0 Å². The Bertz CT molecular complexity index is 297. The van der Waals surface area contributed by atoms with Crippen molar-refractivity contribution >= 4 is 12.4 Å². The Balaban J connectivity index is 0.00000128. The number of H-pyrrole nitrogens is 1. The van der Waals surface area contributed by atoms with Gasteiger partial charge in [-0.15, -0.1) is 12.4 Å². The molecule has 1 aliphatic rings. The van der Waals surface area contributed by atoms with Gasteiger partial charge in [0.15, 0.2) is 0 Å². The first kappa shape index (κ1) is 13.5. The first-order valence-corrected chi connectivity index (χ1v) is 5.67. The lowest BCUT2D eigenvalue weighted by Gasteiger charge is -2.09. The second-order valence-electron chi connectivity index (χ2n) is 4.12. The number of halogens is 1. The molecule has 2 rings (SSSR count). The van der Waals surface area contributed by atoms with Crippen molar-refractivity contribution in [1.82, 2.24) is 15.5 Å². The third kappa shape index (κ3) is 3.77. The zero-order valence-electron chi connectivity index (χ0n) is 9.66. The van der Waals surface area contributed by atoms with E-state index in [0.29, 0.717) is 6.10 Å². The molecule has 4 nitrogen and oxygen atoms in total. The molecule has 1 saturated heterocycles. The molecule has 1 atom stereocenters. The summed E-state index contributed by atoms with van der Waals surface area (Å²) in [6.45, 7) is 4.92. The smallest absolute Gasteiger partial charge is 0.0588 e. The van der Waals surface area contributed by atoms with E-state index < -0.39 is 0 Å². The number of nitrogens with zero attached hydrogens (tertiary/aromatic N) is 1. The number of nitrogens with one attached hydrogen (secondary N) is 2. The topological polar surface area (TPSA) is 49.9 Å². The highest BCUT2D eigenvalue weighted by Gasteiger charge is 2.14. The van der Waals surface area contributed by atoms with Crippen molar-refractivity contribution in [3.63, 3.8) is 0 Å². The Labute approximate surface area is 103 Å². The van der Waals surface area contributed by atoms with Crippen LogP contribution in [0.3, 0.4) is 0 Å². The summed E-state index contributed by atoms with van der Waals surface area (Å²) >= 11 is 0. The minimum absolute atomic E-state index is 0. The Morgan fingerprint density at radius 3 is 3.12 bits per heavy atom. The van der Waals surface area contributed by atoms with Crippen molar-refractivity contribution in [2.45, 2.75) is 38.8 Å². The van der Waals surface area contributed by atoms with E-state index in [1.54, 1.807) is 0 Å². The lowest BCUT2D eigenvalue weighted by molar-refractivity contribution is 0.104. The molecule has 1 fully saturated rings. The second kappa shape index (κ2) is 6.89. The van der Waals surface area contributed by atoms with Crippen LogP contribution in [0.2, 0.25) is 0 Å². The zero-order valence-corrected chi connectivity index (χ0v) is 10.5. The minimum atomic E-state index is 0. The van der Waals surface area contributed by atoms with Crippen LogP contribution in [0.15, 0.2) is 6.20 Å². The van der Waals surface area contributed by atoms with Crippen LogP contribution >= 0.6 is 12.4 Å². The van der Waals surface area contributed by atoms with E-state index in [4.69, 9.17) is 4.74 Å². The molecule has 0 spiro atoms. The largest absolute Gasteiger partial charge is 0.378 e. The predicted molar refractivity (Wildman–Crippen MR) is 65.9 cm³/mol. The Morgan fingerprint density at radius 1 is 1.62 bits per heavy atom. The van der Waals surface area contributed by atoms with Crippen LogP contribution in [-0.4, -0.2) is 29.5 Å². The van der Waals surface area contributed by atoms with Crippen LogP contribution in [0.25, 0.3) is 0 Å². The normalized spacial score (nSPS) is 19.7. The van der Waals surface area contributed by atoms with Gasteiger partial charge < -0.3 is 10.1 Å². The fourth-order valence-electron chi connectivity index (χ4n) is 1.91. The molecular formula is C11H20ClN3O. The van der Waals surface area contributed by atoms with Gasteiger partial charge in [-0.25, -0.2) is 0 Å². The fourth-order valence-corrected chi connectivity index (χ4v) is 1.91. The fraction of sp³-hybridized carbons (Fsp3) is 0.727. The molecule has 2 N–H and O–H groups in total. The standard InChI is InChI=1S/C11H19N3O.ClH/c1-9-10(8-13-14-9)7-12-5-4-11-3-2-6-15-11;/h8,11-12H,2-7H2,1H3,(H,13,14);1H. The highest BCUT2D eigenvalue weighted by molar-refractivity contribution is 5.85. The molecule has 1 aliphatic heterocycles. The number of hydrogen-bond donors (Lipinski definition) is 2. The summed E-state index contributed by atoms with van der Waals surface area (Å²) in [6, 6.07) is 0. The van der Waals surface area contributed by atoms with Crippen LogP contribution in [0.5, 0.6) is 0 Å². The highest BCUT2D eigenvalue weighted by Crippen LogP contribution is 2.14. The average molecular weight is 246 g/mol. The number of hydrogen-bond acceptors (Lipinski definition) is 3. The van der Waals surface area contributed by atoms with Gasteiger partial charge in [0.1, 0.15) is 0 Å². The van der Waals surface area contributed by atoms with Gasteiger partial charge in [0.25, 0.3) is 0 Å². The van der Waals surface area contributed by atoms with Gasteiger partial charge >= 0.3 is 0 Å². The van der Waals surface area contributed by atoms with Crippen LogP contribution in [0.4, 0.5) is 0 Å². The van der Waals surface area contributed by atoms with Crippen molar-refractivity contribution in [3.05, 3.63) is 17.5 Å². The minimum Gasteiger partial charge on any atom is -0.378 e. The number of rotatable bonds is 5. The maximum Gasteiger partial charge on any atom is 0.0588 e. The van der Waals surface area contributed by atoms with Crippen molar-refractivity contribution < 1.29 is 4.74 Å². The molecule has 0 aromatic carbocycles. The molecule has 2 heterocycles. The molecule has 0 bridgehead atoms. The van der Waals surface area contributed by atoms with E-state index >= 15 is 0 Å². The molecule has 0 saturated carbocycles. The summed E-state index contributed by atoms with van der Waals surface area (Å²) in [6.07, 6.45) is 5.95. The van der Waals surface area contributed by atoms with E-state index in [0.717, 1.165) is 31.8 Å². The van der Waals surface area contributed by atoms with E-state index in [9.17, 15) is 0 Å². The molecule has 1 aromatic heterocycles. The molecule has 92 valence electrons. The van der Waals surface area contributed by atoms with E-state index in [1.165, 1.54) is 18.4 Å². The van der Waals surface area contributed by atoms with Crippen LogP contribution < -0.4 is 5.32 Å². The molecule has 0 radical (unpaired) electrons. The number of aromatic amines is 1. The lowest BCUT2D eigenvalue weighted by atomic mass is 10.2. The van der Waals surface area contributed by atoms with Crippen molar-refractivity contribution in [3.8, 4) is 0 Å². The van der Waals surface area contributed by atoms with E-state index in [-0.39, 0.29) is 12.4 Å². The van der Waals surface area contributed by atoms with Crippen LogP contribution in [0.1, 0.15) is 30.5 Å². The maximum atomic E-state index is 5.56. The molecule has 0 aliphatic carbocycles. The second-order valence-corrected chi connectivity index (χ2v) is 4.12. The summed E-state index contributed by atoms with van der Waals surface area (Å²) in [5.74, 6) is 0. The van der Waals surface area contributed by atoms with Gasteiger partial charge in [0.2, 0.25) is 0 Å². The summed E-state index contributed by atoms with van der Waals surface area (Å²) in [4.78, 5) is 0. The van der Waals surface area contributed by atoms with Crippen LogP contribution in [0, 0.1) is 6.92 Å². The molecule has 0 amide bonds. The van der Waals surface area contributed by atoms with E-state index in [2.05, 4.69) is 15.5 Å². The maximum absolute atomic E-state index is 5.56. The third-order valence-electron chi connectivity index (χ3n) is 2.92. The number of ether oxygens (including phenoxy) is 1. The lowest BCUT2D eigenvalue weighted by Crippen LogP contribution is -2.19. The third-order valence-corrected chi connectivity index (χ3v) is 2.92. The highest BCUT2D eigenvalue weighted by atomic mass is 35.5. The molecule has 1 aromatic rings. The van der Waals surface area contributed by atoms with Crippen molar-refractivity contribution in [2.24, 2.45) is 0 Å². The monoisotopic (exact) mass is 245 g/mol. The zero-order chi connectivity index (χ0) is 10.5.